The van der Waals surface area contributed by atoms with Crippen molar-refractivity contribution >= 4 is 51.8 Å². The fourth-order valence-electron chi connectivity index (χ4n) is 0.985. The Kier molecular flexibility index (Phi) is 7.23. The summed E-state index contributed by atoms with van der Waals surface area (Å²) >= 11 is 1.58. The fourth-order valence-corrected chi connectivity index (χ4v) is 2.34. The minimum atomic E-state index is -3.78. The zero-order chi connectivity index (χ0) is 9.03. The van der Waals surface area contributed by atoms with Crippen molar-refractivity contribution in [3.8, 4) is 0 Å². The Morgan fingerprint density at radius 2 is 2.15 bits per heavy atom. The van der Waals surface area contributed by atoms with Gasteiger partial charge in [0.15, 0.2) is 0 Å². The molecule has 0 aromatic carbocycles. The van der Waals surface area contributed by atoms with Crippen LogP contribution in [0.2, 0.25) is 0 Å². The summed E-state index contributed by atoms with van der Waals surface area (Å²) in [5.41, 5.74) is 0. The molecule has 0 saturated carbocycles. The van der Waals surface area contributed by atoms with Gasteiger partial charge in [-0.2, -0.15) is 8.42 Å². The summed E-state index contributed by atoms with van der Waals surface area (Å²) in [6, 6.07) is 0. The van der Waals surface area contributed by atoms with Crippen LogP contribution in [0.25, 0.3) is 0 Å². The second-order valence-corrected chi connectivity index (χ2v) is 4.69. The molecule has 5 nitrogen and oxygen atoms in total. The maximum atomic E-state index is 10.5. The van der Waals surface area contributed by atoms with Crippen molar-refractivity contribution in [1.29, 1.82) is 0 Å². The molecule has 1 unspecified atom stereocenters. The molecule has 1 aliphatic rings. The largest absolute Gasteiger partial charge is 0.333 e. The average molecular weight is 235 g/mol. The van der Waals surface area contributed by atoms with Crippen LogP contribution in [0.1, 0.15) is 12.8 Å². The van der Waals surface area contributed by atoms with E-state index in [-0.39, 0.29) is 35.7 Å². The SMILES string of the molecule is NS(=O)(=O)OC1CCNSCC1.[Na]. The van der Waals surface area contributed by atoms with Crippen molar-refractivity contribution < 1.29 is 12.6 Å². The first-order valence-corrected chi connectivity index (χ1v) is 6.09. The van der Waals surface area contributed by atoms with Crippen LogP contribution in [-0.4, -0.2) is 56.4 Å². The number of hydrogen-bond acceptors (Lipinski definition) is 5. The first-order chi connectivity index (χ1) is 5.58. The molecule has 1 radical (unpaired) electrons. The number of hydrogen-bond donors (Lipinski definition) is 2. The van der Waals surface area contributed by atoms with E-state index in [1.54, 1.807) is 11.9 Å². The molecule has 1 aliphatic heterocycles. The number of nitrogens with one attached hydrogen (secondary N) is 1. The molecule has 8 heteroatoms. The summed E-state index contributed by atoms with van der Waals surface area (Å²) in [5.74, 6) is 0.847. The normalized spacial score (nSPS) is 24.5. The maximum absolute atomic E-state index is 10.5. The summed E-state index contributed by atoms with van der Waals surface area (Å²) < 4.78 is 28.8. The van der Waals surface area contributed by atoms with E-state index in [0.717, 1.165) is 12.3 Å². The third-order valence-electron chi connectivity index (χ3n) is 1.48. The van der Waals surface area contributed by atoms with Gasteiger partial charge in [-0.25, -0.2) is 5.14 Å². The minimum Gasteiger partial charge on any atom is -0.264 e. The van der Waals surface area contributed by atoms with Crippen LogP contribution in [0.4, 0.5) is 0 Å². The van der Waals surface area contributed by atoms with Gasteiger partial charge >= 0.3 is 10.3 Å². The van der Waals surface area contributed by atoms with Crippen molar-refractivity contribution in [2.45, 2.75) is 18.9 Å². The molecule has 1 rings (SSSR count). The van der Waals surface area contributed by atoms with Gasteiger partial charge in [-0.05, 0) is 12.8 Å². The quantitative estimate of drug-likeness (QED) is 0.485. The van der Waals surface area contributed by atoms with Gasteiger partial charge in [-0.15, -0.1) is 0 Å². The van der Waals surface area contributed by atoms with E-state index >= 15 is 0 Å². The molecule has 0 aliphatic carbocycles. The van der Waals surface area contributed by atoms with Crippen LogP contribution in [0.5, 0.6) is 0 Å². The smallest absolute Gasteiger partial charge is 0.264 e. The Morgan fingerprint density at radius 3 is 2.77 bits per heavy atom. The molecular formula is C5H12N2NaO3S2. The minimum absolute atomic E-state index is 0. The van der Waals surface area contributed by atoms with E-state index in [9.17, 15) is 8.42 Å². The first-order valence-electron chi connectivity index (χ1n) is 3.63. The van der Waals surface area contributed by atoms with Crippen molar-refractivity contribution in [3.63, 3.8) is 0 Å². The van der Waals surface area contributed by atoms with Crippen molar-refractivity contribution in [3.05, 3.63) is 0 Å². The molecule has 0 aromatic rings. The molecular weight excluding hydrogens is 223 g/mol. The summed E-state index contributed by atoms with van der Waals surface area (Å²) in [4.78, 5) is 0. The van der Waals surface area contributed by atoms with E-state index in [1.165, 1.54) is 0 Å². The molecule has 0 aromatic heterocycles. The van der Waals surface area contributed by atoms with Gasteiger partial charge in [-0.3, -0.25) is 8.91 Å². The van der Waals surface area contributed by atoms with Gasteiger partial charge < -0.3 is 0 Å². The molecule has 3 N–H and O–H groups in total. The van der Waals surface area contributed by atoms with Crippen LogP contribution in [-0.2, 0) is 14.5 Å². The van der Waals surface area contributed by atoms with Crippen molar-refractivity contribution in [1.82, 2.24) is 4.72 Å². The topological polar surface area (TPSA) is 81.4 Å². The van der Waals surface area contributed by atoms with E-state index in [1.807, 2.05) is 0 Å². The van der Waals surface area contributed by atoms with Crippen LogP contribution in [0.3, 0.4) is 0 Å². The van der Waals surface area contributed by atoms with E-state index in [0.29, 0.717) is 12.8 Å². The van der Waals surface area contributed by atoms with Crippen LogP contribution in [0, 0.1) is 0 Å². The van der Waals surface area contributed by atoms with Gasteiger partial charge in [-0.1, -0.05) is 11.9 Å². The third-order valence-corrected chi connectivity index (χ3v) is 2.87. The fraction of sp³-hybridized carbons (Fsp3) is 1.00. The van der Waals surface area contributed by atoms with Crippen LogP contribution >= 0.6 is 11.9 Å². The third kappa shape index (κ3) is 7.15. The second-order valence-electron chi connectivity index (χ2n) is 2.53. The van der Waals surface area contributed by atoms with Gasteiger partial charge in [0.2, 0.25) is 0 Å². The van der Waals surface area contributed by atoms with Crippen molar-refractivity contribution in [2.24, 2.45) is 5.14 Å². The van der Waals surface area contributed by atoms with E-state index < -0.39 is 10.3 Å². The van der Waals surface area contributed by atoms with Gasteiger partial charge in [0, 0.05) is 41.9 Å². The van der Waals surface area contributed by atoms with Crippen LogP contribution < -0.4 is 9.86 Å². The van der Waals surface area contributed by atoms with Gasteiger partial charge in [0.05, 0.1) is 6.10 Å². The monoisotopic (exact) mass is 235 g/mol. The molecule has 1 heterocycles. The zero-order valence-corrected chi connectivity index (χ0v) is 11.2. The average Bonchev–Trinajstić information content (AvgIpc) is 2.12. The standard InChI is InChI=1S/C5H12N2O3S2.Na/c6-12(8,9)10-5-1-3-7-11-4-2-5;/h5,7H,1-4H2,(H2,6,8,9);. The van der Waals surface area contributed by atoms with Gasteiger partial charge in [0.25, 0.3) is 0 Å². The Hall–Kier alpha value is 1.18. The Labute approximate surface area is 105 Å². The predicted molar refractivity (Wildman–Crippen MR) is 53.4 cm³/mol. The Morgan fingerprint density at radius 1 is 1.46 bits per heavy atom. The Bertz CT molecular complexity index is 226. The zero-order valence-electron chi connectivity index (χ0n) is 7.52. The molecule has 0 bridgehead atoms. The molecule has 73 valence electrons. The number of rotatable bonds is 2. The summed E-state index contributed by atoms with van der Waals surface area (Å²) in [6.45, 7) is 0.755. The summed E-state index contributed by atoms with van der Waals surface area (Å²) in [7, 11) is -3.78. The molecule has 1 atom stereocenters. The van der Waals surface area contributed by atoms with E-state index in [2.05, 4.69) is 8.91 Å². The van der Waals surface area contributed by atoms with E-state index in [4.69, 9.17) is 5.14 Å². The molecule has 13 heavy (non-hydrogen) atoms. The summed E-state index contributed by atoms with van der Waals surface area (Å²) in [6.07, 6.45) is 1.14. The molecule has 0 amide bonds. The van der Waals surface area contributed by atoms with Crippen LogP contribution in [0.15, 0.2) is 0 Å². The first kappa shape index (κ1) is 14.2. The summed E-state index contributed by atoms with van der Waals surface area (Å²) in [5, 5.41) is 4.74. The predicted octanol–water partition coefficient (Wildman–Crippen LogP) is -0.774. The van der Waals surface area contributed by atoms with Gasteiger partial charge in [0.1, 0.15) is 0 Å². The molecule has 1 fully saturated rings. The molecule has 1 saturated heterocycles. The maximum Gasteiger partial charge on any atom is 0.333 e. The van der Waals surface area contributed by atoms with Crippen molar-refractivity contribution in [2.75, 3.05) is 12.3 Å². The Balaban J connectivity index is 0.00000144. The number of nitrogens with two attached hydrogens (primary N) is 1. The molecule has 0 spiro atoms. The second kappa shape index (κ2) is 6.62.